The largest absolute Gasteiger partial charge is 0.573 e. The van der Waals surface area contributed by atoms with Crippen LogP contribution in [0.1, 0.15) is 13.3 Å². The predicted octanol–water partition coefficient (Wildman–Crippen LogP) is 2.70. The van der Waals surface area contributed by atoms with Crippen LogP contribution < -0.4 is 15.8 Å². The van der Waals surface area contributed by atoms with E-state index in [-0.39, 0.29) is 42.2 Å². The highest BCUT2D eigenvalue weighted by Gasteiger charge is 2.32. The number of ether oxygens (including phenoxy) is 1. The summed E-state index contributed by atoms with van der Waals surface area (Å²) in [6.45, 7) is 1.61. The standard InChI is InChI=1S/C12H16F3N3O2.HI/c1-2-8(7-19)17-11(16)18-9-5-3-4-6-10(9)20-12(13,14)15;/h3-6,8,19H,2,7H2,1H3,(H3,16,17,18);1H/t8-;/m1./s1. The highest BCUT2D eigenvalue weighted by molar-refractivity contribution is 14.0. The molecule has 0 saturated heterocycles. The van der Waals surface area contributed by atoms with Gasteiger partial charge in [-0.05, 0) is 18.6 Å². The summed E-state index contributed by atoms with van der Waals surface area (Å²) >= 11 is 0. The van der Waals surface area contributed by atoms with Gasteiger partial charge in [-0.15, -0.1) is 37.1 Å². The molecule has 0 amide bonds. The van der Waals surface area contributed by atoms with Gasteiger partial charge in [0.2, 0.25) is 0 Å². The average molecular weight is 419 g/mol. The fraction of sp³-hybridized carbons (Fsp3) is 0.417. The van der Waals surface area contributed by atoms with Crippen LogP contribution in [-0.4, -0.2) is 30.1 Å². The number of benzene rings is 1. The summed E-state index contributed by atoms with van der Waals surface area (Å²) in [7, 11) is 0. The van der Waals surface area contributed by atoms with Crippen molar-refractivity contribution in [2.24, 2.45) is 10.7 Å². The van der Waals surface area contributed by atoms with Gasteiger partial charge in [-0.3, -0.25) is 0 Å². The first-order valence-electron chi connectivity index (χ1n) is 5.91. The Morgan fingerprint density at radius 3 is 2.57 bits per heavy atom. The molecule has 0 heterocycles. The minimum atomic E-state index is -4.79. The fourth-order valence-corrected chi connectivity index (χ4v) is 1.41. The number of nitrogens with two attached hydrogens (primary N) is 1. The van der Waals surface area contributed by atoms with Crippen LogP contribution >= 0.6 is 24.0 Å². The Morgan fingerprint density at radius 1 is 1.43 bits per heavy atom. The van der Waals surface area contributed by atoms with E-state index in [9.17, 15) is 13.2 Å². The maximum absolute atomic E-state index is 12.2. The van der Waals surface area contributed by atoms with E-state index in [1.807, 2.05) is 0 Å². The zero-order valence-electron chi connectivity index (χ0n) is 11.2. The third-order valence-corrected chi connectivity index (χ3v) is 2.38. The maximum atomic E-state index is 12.2. The highest BCUT2D eigenvalue weighted by Crippen LogP contribution is 2.29. The number of nitrogens with one attached hydrogen (secondary N) is 1. The lowest BCUT2D eigenvalue weighted by atomic mass is 10.2. The Balaban J connectivity index is 0.00000400. The predicted molar refractivity (Wildman–Crippen MR) is 84.9 cm³/mol. The number of aliphatic imine (C=N–C) groups is 1. The molecule has 1 rings (SSSR count). The van der Waals surface area contributed by atoms with Crippen LogP contribution in [0, 0.1) is 0 Å². The molecule has 0 aliphatic heterocycles. The summed E-state index contributed by atoms with van der Waals surface area (Å²) in [6.07, 6.45) is -4.24. The number of para-hydroxylation sites is 2. The Morgan fingerprint density at radius 2 is 2.05 bits per heavy atom. The number of hydrogen-bond donors (Lipinski definition) is 3. The van der Waals surface area contributed by atoms with Gasteiger partial charge in [0.05, 0.1) is 18.3 Å². The number of aliphatic hydroxyl groups excluding tert-OH is 1. The zero-order valence-corrected chi connectivity index (χ0v) is 13.6. The van der Waals surface area contributed by atoms with E-state index in [0.29, 0.717) is 6.42 Å². The minimum absolute atomic E-state index is 0. The monoisotopic (exact) mass is 419 g/mol. The maximum Gasteiger partial charge on any atom is 0.573 e. The van der Waals surface area contributed by atoms with Crippen LogP contribution in [0.25, 0.3) is 0 Å². The van der Waals surface area contributed by atoms with Gasteiger partial charge in [-0.2, -0.15) is 0 Å². The van der Waals surface area contributed by atoms with Crippen molar-refractivity contribution in [2.75, 3.05) is 11.9 Å². The summed E-state index contributed by atoms with van der Waals surface area (Å²) in [6, 6.07) is 5.07. The van der Waals surface area contributed by atoms with Crippen LogP contribution in [0.5, 0.6) is 5.75 Å². The molecule has 0 radical (unpaired) electrons. The first-order chi connectivity index (χ1) is 9.35. The molecule has 0 bridgehead atoms. The van der Waals surface area contributed by atoms with E-state index in [2.05, 4.69) is 15.0 Å². The van der Waals surface area contributed by atoms with Crippen LogP contribution in [0.4, 0.5) is 18.9 Å². The SMILES string of the molecule is CC[C@H](CO)N=C(N)Nc1ccccc1OC(F)(F)F.I. The van der Waals surface area contributed by atoms with Crippen LogP contribution in [0.2, 0.25) is 0 Å². The average Bonchev–Trinajstić information content (AvgIpc) is 2.36. The van der Waals surface area contributed by atoms with Crippen molar-refractivity contribution >= 4 is 35.6 Å². The minimum Gasteiger partial charge on any atom is -0.404 e. The molecule has 0 aliphatic carbocycles. The van der Waals surface area contributed by atoms with Crippen molar-refractivity contribution in [1.82, 2.24) is 0 Å². The van der Waals surface area contributed by atoms with E-state index >= 15 is 0 Å². The third kappa shape index (κ3) is 7.37. The number of halogens is 4. The second-order valence-corrected chi connectivity index (χ2v) is 3.93. The van der Waals surface area contributed by atoms with Crippen molar-refractivity contribution in [3.8, 4) is 5.75 Å². The van der Waals surface area contributed by atoms with E-state index in [0.717, 1.165) is 6.07 Å². The molecular weight excluding hydrogens is 402 g/mol. The van der Waals surface area contributed by atoms with Gasteiger partial charge in [0.15, 0.2) is 11.7 Å². The molecule has 0 spiro atoms. The molecule has 0 aromatic heterocycles. The summed E-state index contributed by atoms with van der Waals surface area (Å²) in [4.78, 5) is 3.94. The second-order valence-electron chi connectivity index (χ2n) is 3.93. The Labute approximate surface area is 137 Å². The van der Waals surface area contributed by atoms with Crippen LogP contribution in [-0.2, 0) is 0 Å². The number of nitrogens with zero attached hydrogens (tertiary/aromatic N) is 1. The van der Waals surface area contributed by atoms with Gasteiger partial charge < -0.3 is 20.9 Å². The van der Waals surface area contributed by atoms with Crippen molar-refractivity contribution in [1.29, 1.82) is 0 Å². The highest BCUT2D eigenvalue weighted by atomic mass is 127. The van der Waals surface area contributed by atoms with E-state index in [4.69, 9.17) is 10.8 Å². The van der Waals surface area contributed by atoms with Crippen molar-refractivity contribution in [2.45, 2.75) is 25.7 Å². The molecule has 0 unspecified atom stereocenters. The summed E-state index contributed by atoms with van der Waals surface area (Å²) in [5, 5.41) is 11.5. The van der Waals surface area contributed by atoms with Gasteiger partial charge in [0.25, 0.3) is 0 Å². The Bertz CT molecular complexity index is 465. The number of hydrogen-bond acceptors (Lipinski definition) is 3. The molecule has 120 valence electrons. The van der Waals surface area contributed by atoms with Gasteiger partial charge in [0.1, 0.15) is 0 Å². The first-order valence-corrected chi connectivity index (χ1v) is 5.91. The molecule has 9 heteroatoms. The first kappa shape index (κ1) is 19.8. The molecule has 1 aromatic carbocycles. The van der Waals surface area contributed by atoms with E-state index in [1.54, 1.807) is 6.92 Å². The van der Waals surface area contributed by atoms with Crippen molar-refractivity contribution in [3.05, 3.63) is 24.3 Å². The fourth-order valence-electron chi connectivity index (χ4n) is 1.41. The molecule has 21 heavy (non-hydrogen) atoms. The van der Waals surface area contributed by atoms with Crippen molar-refractivity contribution < 1.29 is 23.0 Å². The number of alkyl halides is 3. The van der Waals surface area contributed by atoms with E-state index in [1.165, 1.54) is 18.2 Å². The smallest absolute Gasteiger partial charge is 0.404 e. The normalized spacial score (nSPS) is 13.3. The number of aliphatic hydroxyl groups is 1. The molecular formula is C12H17F3IN3O2. The lowest BCUT2D eigenvalue weighted by Crippen LogP contribution is -2.27. The molecule has 4 N–H and O–H groups in total. The zero-order chi connectivity index (χ0) is 15.2. The topological polar surface area (TPSA) is 79.9 Å². The molecule has 0 aliphatic rings. The quantitative estimate of drug-likeness (QED) is 0.390. The summed E-state index contributed by atoms with van der Waals surface area (Å²) in [5.41, 5.74) is 5.62. The lowest BCUT2D eigenvalue weighted by Gasteiger charge is -2.15. The molecule has 1 atom stereocenters. The van der Waals surface area contributed by atoms with E-state index < -0.39 is 18.2 Å². The van der Waals surface area contributed by atoms with Gasteiger partial charge in [-0.25, -0.2) is 4.99 Å². The van der Waals surface area contributed by atoms with Crippen molar-refractivity contribution in [3.63, 3.8) is 0 Å². The number of rotatable bonds is 5. The summed E-state index contributed by atoms with van der Waals surface area (Å²) in [5.74, 6) is -0.501. The Hall–Kier alpha value is -1.23. The summed E-state index contributed by atoms with van der Waals surface area (Å²) < 4.78 is 40.6. The third-order valence-electron chi connectivity index (χ3n) is 2.38. The number of anilines is 1. The van der Waals surface area contributed by atoms with Gasteiger partial charge in [-0.1, -0.05) is 19.1 Å². The number of guanidine groups is 1. The second kappa shape index (κ2) is 8.93. The van der Waals surface area contributed by atoms with Gasteiger partial charge in [0, 0.05) is 0 Å². The molecule has 5 nitrogen and oxygen atoms in total. The Kier molecular flexibility index (Phi) is 8.40. The van der Waals surface area contributed by atoms with Crippen LogP contribution in [0.15, 0.2) is 29.3 Å². The molecule has 0 fully saturated rings. The molecule has 1 aromatic rings. The lowest BCUT2D eigenvalue weighted by molar-refractivity contribution is -0.274. The van der Waals surface area contributed by atoms with Crippen LogP contribution in [0.3, 0.4) is 0 Å². The molecule has 0 saturated carbocycles. The van der Waals surface area contributed by atoms with Gasteiger partial charge >= 0.3 is 6.36 Å².